The number of tetrazole rings is 1. The number of nitrogens with one attached hydrogen (secondary N) is 2. The number of aromatic nitrogens is 4. The van der Waals surface area contributed by atoms with E-state index in [2.05, 4.69) is 52.4 Å². The molecule has 4 N–H and O–H groups in total. The van der Waals surface area contributed by atoms with E-state index in [1.807, 2.05) is 18.2 Å². The summed E-state index contributed by atoms with van der Waals surface area (Å²) in [6.45, 7) is 4.30. The van der Waals surface area contributed by atoms with Gasteiger partial charge in [0.25, 0.3) is 0 Å². The molecule has 0 aliphatic carbocycles. The quantitative estimate of drug-likeness (QED) is 0.747. The highest BCUT2D eigenvalue weighted by molar-refractivity contribution is 5.25. The fraction of sp³-hybridized carbons (Fsp3) is 0.462. The average Bonchev–Trinajstić information content (AvgIpc) is 3.01. The highest BCUT2D eigenvalue weighted by Gasteiger charge is 2.39. The predicted octanol–water partition coefficient (Wildman–Crippen LogP) is 0.346. The van der Waals surface area contributed by atoms with Crippen LogP contribution < -0.4 is 16.6 Å². The minimum absolute atomic E-state index is 0.00120. The normalized spacial score (nSPS) is 27.6. The van der Waals surface area contributed by atoms with Crippen molar-refractivity contribution >= 4 is 5.95 Å². The van der Waals surface area contributed by atoms with Crippen LogP contribution in [-0.4, -0.2) is 32.3 Å². The molecule has 0 bridgehead atoms. The van der Waals surface area contributed by atoms with Gasteiger partial charge < -0.3 is 5.73 Å². The van der Waals surface area contributed by atoms with Gasteiger partial charge in [-0.05, 0) is 29.8 Å². The Hall–Kier alpha value is -1.99. The Kier molecular flexibility index (Phi) is 3.37. The van der Waals surface area contributed by atoms with Crippen molar-refractivity contribution in [3.63, 3.8) is 0 Å². The van der Waals surface area contributed by atoms with Crippen molar-refractivity contribution in [2.45, 2.75) is 32.0 Å². The molecular formula is C13H19N7. The second-order valence-electron chi connectivity index (χ2n) is 5.28. The molecule has 3 atom stereocenters. The average molecular weight is 273 g/mol. The molecule has 1 saturated heterocycles. The molecule has 3 unspecified atom stereocenters. The van der Waals surface area contributed by atoms with Crippen molar-refractivity contribution in [3.8, 4) is 0 Å². The Morgan fingerprint density at radius 2 is 1.80 bits per heavy atom. The summed E-state index contributed by atoms with van der Waals surface area (Å²) < 4.78 is 1.71. The van der Waals surface area contributed by atoms with E-state index in [0.29, 0.717) is 23.9 Å². The third-order valence-electron chi connectivity index (χ3n) is 3.98. The fourth-order valence-electron chi connectivity index (χ4n) is 3.01. The Morgan fingerprint density at radius 3 is 2.35 bits per heavy atom. The molecule has 1 aromatic carbocycles. The first-order chi connectivity index (χ1) is 9.68. The SMILES string of the molecule is CC1NNC(C)C1C(c1ccccc1)n1nnnc1N. The Balaban J connectivity index is 2.07. The van der Waals surface area contributed by atoms with E-state index in [-0.39, 0.29) is 6.04 Å². The molecule has 1 aromatic heterocycles. The minimum atomic E-state index is -0.00120. The topological polar surface area (TPSA) is 93.7 Å². The second-order valence-corrected chi connectivity index (χ2v) is 5.28. The van der Waals surface area contributed by atoms with Crippen LogP contribution in [0.3, 0.4) is 0 Å². The maximum atomic E-state index is 5.92. The molecule has 106 valence electrons. The molecule has 2 heterocycles. The van der Waals surface area contributed by atoms with Crippen molar-refractivity contribution in [2.24, 2.45) is 5.92 Å². The van der Waals surface area contributed by atoms with Gasteiger partial charge in [0, 0.05) is 18.0 Å². The second kappa shape index (κ2) is 5.18. The van der Waals surface area contributed by atoms with Gasteiger partial charge in [-0.25, -0.2) is 4.68 Å². The van der Waals surface area contributed by atoms with E-state index in [4.69, 9.17) is 5.73 Å². The van der Waals surface area contributed by atoms with E-state index >= 15 is 0 Å². The van der Waals surface area contributed by atoms with Crippen LogP contribution in [0, 0.1) is 5.92 Å². The van der Waals surface area contributed by atoms with Gasteiger partial charge in [0.1, 0.15) is 0 Å². The first-order valence-electron chi connectivity index (χ1n) is 6.78. The van der Waals surface area contributed by atoms with Crippen LogP contribution in [0.1, 0.15) is 25.5 Å². The molecule has 0 saturated carbocycles. The Bertz CT molecular complexity index is 557. The zero-order valence-electron chi connectivity index (χ0n) is 11.6. The third-order valence-corrected chi connectivity index (χ3v) is 3.98. The van der Waals surface area contributed by atoms with Gasteiger partial charge >= 0.3 is 0 Å². The van der Waals surface area contributed by atoms with Gasteiger partial charge in [-0.15, -0.1) is 0 Å². The molecule has 7 nitrogen and oxygen atoms in total. The zero-order valence-corrected chi connectivity index (χ0v) is 11.6. The number of hydrogen-bond donors (Lipinski definition) is 3. The van der Waals surface area contributed by atoms with Crippen LogP contribution in [0.2, 0.25) is 0 Å². The van der Waals surface area contributed by atoms with E-state index in [1.54, 1.807) is 4.68 Å². The summed E-state index contributed by atoms with van der Waals surface area (Å²) >= 11 is 0. The first-order valence-corrected chi connectivity index (χ1v) is 6.78. The van der Waals surface area contributed by atoms with Crippen molar-refractivity contribution < 1.29 is 0 Å². The summed E-state index contributed by atoms with van der Waals surface area (Å²) in [6, 6.07) is 10.8. The summed E-state index contributed by atoms with van der Waals surface area (Å²) in [7, 11) is 0. The number of benzene rings is 1. The van der Waals surface area contributed by atoms with Crippen LogP contribution in [0.5, 0.6) is 0 Å². The van der Waals surface area contributed by atoms with E-state index in [9.17, 15) is 0 Å². The van der Waals surface area contributed by atoms with Crippen LogP contribution in [0.25, 0.3) is 0 Å². The molecule has 1 aliphatic rings. The van der Waals surface area contributed by atoms with Crippen LogP contribution in [0.4, 0.5) is 5.95 Å². The van der Waals surface area contributed by atoms with Gasteiger partial charge in [0.05, 0.1) is 6.04 Å². The van der Waals surface area contributed by atoms with Crippen molar-refractivity contribution in [3.05, 3.63) is 35.9 Å². The summed E-state index contributed by atoms with van der Waals surface area (Å²) in [6.07, 6.45) is 0. The molecular weight excluding hydrogens is 254 g/mol. The van der Waals surface area contributed by atoms with E-state index in [0.717, 1.165) is 5.56 Å². The minimum Gasteiger partial charge on any atom is -0.367 e. The number of hydrazine groups is 1. The lowest BCUT2D eigenvalue weighted by atomic mass is 9.84. The van der Waals surface area contributed by atoms with E-state index < -0.39 is 0 Å². The summed E-state index contributed by atoms with van der Waals surface area (Å²) in [5, 5.41) is 11.6. The van der Waals surface area contributed by atoms with Gasteiger partial charge in [-0.2, -0.15) is 0 Å². The molecule has 20 heavy (non-hydrogen) atoms. The van der Waals surface area contributed by atoms with Crippen LogP contribution in [0.15, 0.2) is 30.3 Å². The lowest BCUT2D eigenvalue weighted by molar-refractivity contribution is 0.307. The number of nitrogens with two attached hydrogens (primary N) is 1. The molecule has 2 aromatic rings. The van der Waals surface area contributed by atoms with Crippen LogP contribution in [-0.2, 0) is 0 Å². The number of nitrogen functional groups attached to an aromatic ring is 1. The lowest BCUT2D eigenvalue weighted by Gasteiger charge is -2.29. The van der Waals surface area contributed by atoms with Gasteiger partial charge in [0.15, 0.2) is 0 Å². The maximum Gasteiger partial charge on any atom is 0.240 e. The summed E-state index contributed by atoms with van der Waals surface area (Å²) in [4.78, 5) is 0. The van der Waals surface area contributed by atoms with E-state index in [1.165, 1.54) is 0 Å². The molecule has 3 rings (SSSR count). The maximum absolute atomic E-state index is 5.92. The first kappa shape index (κ1) is 13.0. The summed E-state index contributed by atoms with van der Waals surface area (Å²) in [5.41, 5.74) is 13.6. The van der Waals surface area contributed by atoms with Crippen molar-refractivity contribution in [1.29, 1.82) is 0 Å². The number of anilines is 1. The lowest BCUT2D eigenvalue weighted by Crippen LogP contribution is -2.34. The molecule has 0 spiro atoms. The van der Waals surface area contributed by atoms with Gasteiger partial charge in [0.2, 0.25) is 5.95 Å². The standard InChI is InChI=1S/C13H19N7/c1-8-11(9(2)16-15-8)12(10-6-4-3-5-7-10)20-13(14)17-18-19-20/h3-9,11-12,15-16H,1-2H3,(H2,14,17,19). The molecule has 1 fully saturated rings. The monoisotopic (exact) mass is 273 g/mol. The summed E-state index contributed by atoms with van der Waals surface area (Å²) in [5.74, 6) is 0.633. The fourth-order valence-corrected chi connectivity index (χ4v) is 3.01. The number of nitrogens with zero attached hydrogens (tertiary/aromatic N) is 4. The van der Waals surface area contributed by atoms with Gasteiger partial charge in [-0.3, -0.25) is 10.9 Å². The molecule has 0 radical (unpaired) electrons. The smallest absolute Gasteiger partial charge is 0.240 e. The molecule has 0 amide bonds. The number of rotatable bonds is 3. The molecule has 1 aliphatic heterocycles. The van der Waals surface area contributed by atoms with Crippen molar-refractivity contribution in [1.82, 2.24) is 31.1 Å². The van der Waals surface area contributed by atoms with Gasteiger partial charge in [-0.1, -0.05) is 35.4 Å². The highest BCUT2D eigenvalue weighted by atomic mass is 15.6. The zero-order chi connectivity index (χ0) is 14.1. The Morgan fingerprint density at radius 1 is 1.15 bits per heavy atom. The Labute approximate surface area is 117 Å². The van der Waals surface area contributed by atoms with Crippen molar-refractivity contribution in [2.75, 3.05) is 5.73 Å². The predicted molar refractivity (Wildman–Crippen MR) is 75.5 cm³/mol. The molecule has 7 heteroatoms. The highest BCUT2D eigenvalue weighted by Crippen LogP contribution is 2.33. The third kappa shape index (κ3) is 2.14. The largest absolute Gasteiger partial charge is 0.367 e. The van der Waals surface area contributed by atoms with Crippen LogP contribution >= 0.6 is 0 Å². The number of hydrogen-bond acceptors (Lipinski definition) is 6.